The Balaban J connectivity index is 1.87. The molecule has 1 amide bonds. The maximum absolute atomic E-state index is 12.3. The van der Waals surface area contributed by atoms with E-state index in [0.29, 0.717) is 27.3 Å². The fourth-order valence-corrected chi connectivity index (χ4v) is 3.54. The summed E-state index contributed by atoms with van der Waals surface area (Å²) in [5.41, 5.74) is 1.09. The number of halogens is 1. The van der Waals surface area contributed by atoms with Crippen LogP contribution in [0.1, 0.15) is 31.2 Å². The highest BCUT2D eigenvalue weighted by molar-refractivity contribution is 6.30. The average molecular weight is 439 g/mol. The fourth-order valence-electron chi connectivity index (χ4n) is 3.42. The summed E-state index contributed by atoms with van der Waals surface area (Å²) in [6.07, 6.45) is -0.785. The van der Waals surface area contributed by atoms with Crippen molar-refractivity contribution in [2.45, 2.75) is 20.1 Å². The number of carbonyl (C=O) groups is 2. The molecule has 4 rings (SSSR count). The maximum atomic E-state index is 12.3. The van der Waals surface area contributed by atoms with E-state index >= 15 is 0 Å². The Labute approximate surface area is 183 Å². The second-order valence-electron chi connectivity index (χ2n) is 6.89. The largest absolute Gasteiger partial charge is 0.496 e. The van der Waals surface area contributed by atoms with E-state index in [0.717, 1.165) is 5.39 Å². The molecule has 1 unspecified atom stereocenters. The van der Waals surface area contributed by atoms with E-state index < -0.39 is 12.2 Å². The Morgan fingerprint density at radius 2 is 1.74 bits per heavy atom. The van der Waals surface area contributed by atoms with Crippen molar-refractivity contribution >= 4 is 40.1 Å². The van der Waals surface area contributed by atoms with Crippen molar-refractivity contribution in [3.63, 3.8) is 0 Å². The predicted octanol–water partition coefficient (Wildman–Crippen LogP) is 4.67. The summed E-state index contributed by atoms with van der Waals surface area (Å²) in [5, 5.41) is 7.60. The van der Waals surface area contributed by atoms with Gasteiger partial charge in [-0.1, -0.05) is 48.0 Å². The highest BCUT2D eigenvalue weighted by Gasteiger charge is 2.35. The monoisotopic (exact) mass is 438 g/mol. The summed E-state index contributed by atoms with van der Waals surface area (Å²) in [4.78, 5) is 24.1. The molecule has 0 saturated carbocycles. The average Bonchev–Trinajstić information content (AvgIpc) is 3.20. The van der Waals surface area contributed by atoms with Crippen molar-refractivity contribution in [1.29, 1.82) is 0 Å². The molecule has 1 atom stereocenters. The molecular formula is C23H19ClN2O5. The molecule has 7 nitrogen and oxygen atoms in total. The Morgan fingerprint density at radius 1 is 1.06 bits per heavy atom. The lowest BCUT2D eigenvalue weighted by atomic mass is 10.0. The van der Waals surface area contributed by atoms with Crippen LogP contribution in [0.25, 0.3) is 10.8 Å². The van der Waals surface area contributed by atoms with Crippen LogP contribution in [-0.2, 0) is 14.3 Å². The smallest absolute Gasteiger partial charge is 0.308 e. The summed E-state index contributed by atoms with van der Waals surface area (Å²) in [5.74, 6) is 0.167. The first-order valence-electron chi connectivity index (χ1n) is 9.48. The zero-order valence-electron chi connectivity index (χ0n) is 17.1. The van der Waals surface area contributed by atoms with Crippen molar-refractivity contribution < 1.29 is 23.8 Å². The first kappa shape index (κ1) is 20.7. The highest BCUT2D eigenvalue weighted by Crippen LogP contribution is 2.40. The molecule has 0 saturated heterocycles. The molecule has 0 aliphatic carbocycles. The molecule has 31 heavy (non-hydrogen) atoms. The van der Waals surface area contributed by atoms with E-state index in [1.165, 1.54) is 18.9 Å². The normalized spacial score (nSPS) is 15.4. The number of esters is 1. The molecule has 3 aromatic carbocycles. The molecule has 0 spiro atoms. The maximum Gasteiger partial charge on any atom is 0.308 e. The predicted molar refractivity (Wildman–Crippen MR) is 116 cm³/mol. The number of hydrazone groups is 1. The van der Waals surface area contributed by atoms with Crippen LogP contribution in [0, 0.1) is 0 Å². The Bertz CT molecular complexity index is 1210. The number of hydrogen-bond acceptors (Lipinski definition) is 6. The number of ether oxygens (including phenoxy) is 3. The zero-order valence-corrected chi connectivity index (χ0v) is 17.8. The Kier molecular flexibility index (Phi) is 5.52. The van der Waals surface area contributed by atoms with Gasteiger partial charge in [-0.05, 0) is 18.2 Å². The lowest BCUT2D eigenvalue weighted by Gasteiger charge is -2.19. The Hall–Kier alpha value is -3.58. The minimum atomic E-state index is -0.785. The van der Waals surface area contributed by atoms with E-state index in [9.17, 15) is 9.59 Å². The highest BCUT2D eigenvalue weighted by atomic mass is 35.5. The first-order chi connectivity index (χ1) is 14.9. The van der Waals surface area contributed by atoms with Crippen LogP contribution in [0.15, 0.2) is 59.7 Å². The molecule has 0 N–H and O–H groups in total. The van der Waals surface area contributed by atoms with Gasteiger partial charge in [0.1, 0.15) is 5.75 Å². The van der Waals surface area contributed by atoms with Crippen LogP contribution in [0.3, 0.4) is 0 Å². The van der Waals surface area contributed by atoms with Gasteiger partial charge in [0.2, 0.25) is 18.0 Å². The van der Waals surface area contributed by atoms with Gasteiger partial charge in [0.25, 0.3) is 0 Å². The second-order valence-corrected chi connectivity index (χ2v) is 7.32. The second kappa shape index (κ2) is 8.28. The molecule has 0 fully saturated rings. The van der Waals surface area contributed by atoms with Gasteiger partial charge in [-0.2, -0.15) is 5.01 Å². The third kappa shape index (κ3) is 3.92. The van der Waals surface area contributed by atoms with E-state index in [4.69, 9.17) is 25.8 Å². The molecule has 0 aromatic heterocycles. The minimum Gasteiger partial charge on any atom is -0.496 e. The standard InChI is InChI=1S/C23H19ClN2O5/c1-13(27)26-23(15-8-10-16(24)11-9-15)31-22(25-26)19-12-20(29-3)17-6-4-5-7-18(17)21(19)30-14(2)28/h4-12,23H,1-3H3. The number of benzene rings is 3. The SMILES string of the molecule is COc1cc(C2=NN(C(C)=O)C(c3ccc(Cl)cc3)O2)c(OC(C)=O)c2ccccc12. The Morgan fingerprint density at radius 3 is 2.35 bits per heavy atom. The van der Waals surface area contributed by atoms with Crippen molar-refractivity contribution in [3.8, 4) is 11.5 Å². The number of methoxy groups -OCH3 is 1. The lowest BCUT2D eigenvalue weighted by molar-refractivity contribution is -0.135. The van der Waals surface area contributed by atoms with Gasteiger partial charge in [0.15, 0.2) is 5.75 Å². The molecule has 0 radical (unpaired) electrons. The topological polar surface area (TPSA) is 77.4 Å². The van der Waals surface area contributed by atoms with Gasteiger partial charge in [-0.15, -0.1) is 5.10 Å². The van der Waals surface area contributed by atoms with Crippen molar-refractivity contribution in [2.75, 3.05) is 7.11 Å². The van der Waals surface area contributed by atoms with Crippen LogP contribution in [-0.4, -0.2) is 29.9 Å². The van der Waals surface area contributed by atoms with E-state index in [1.807, 2.05) is 24.3 Å². The number of rotatable bonds is 4. The molecular weight excluding hydrogens is 420 g/mol. The number of fused-ring (bicyclic) bond motifs is 1. The van der Waals surface area contributed by atoms with Crippen molar-refractivity contribution in [3.05, 3.63) is 70.7 Å². The zero-order chi connectivity index (χ0) is 22.1. The van der Waals surface area contributed by atoms with Gasteiger partial charge in [0.05, 0.1) is 12.7 Å². The molecule has 158 valence electrons. The summed E-state index contributed by atoms with van der Waals surface area (Å²) in [7, 11) is 1.55. The van der Waals surface area contributed by atoms with Crippen molar-refractivity contribution in [2.24, 2.45) is 5.10 Å². The van der Waals surface area contributed by atoms with Crippen molar-refractivity contribution in [1.82, 2.24) is 5.01 Å². The van der Waals surface area contributed by atoms with Crippen LogP contribution >= 0.6 is 11.6 Å². The van der Waals surface area contributed by atoms with Crippen LogP contribution < -0.4 is 9.47 Å². The number of amides is 1. The lowest BCUT2D eigenvalue weighted by Crippen LogP contribution is -2.25. The summed E-state index contributed by atoms with van der Waals surface area (Å²) < 4.78 is 17.2. The van der Waals surface area contributed by atoms with Gasteiger partial charge < -0.3 is 14.2 Å². The third-order valence-electron chi connectivity index (χ3n) is 4.78. The van der Waals surface area contributed by atoms with Crippen LogP contribution in [0.4, 0.5) is 0 Å². The molecule has 1 aliphatic heterocycles. The summed E-state index contributed by atoms with van der Waals surface area (Å²) >= 11 is 5.99. The summed E-state index contributed by atoms with van der Waals surface area (Å²) in [6.45, 7) is 2.71. The quantitative estimate of drug-likeness (QED) is 0.437. The van der Waals surface area contributed by atoms with Gasteiger partial charge in [0, 0.05) is 35.2 Å². The van der Waals surface area contributed by atoms with E-state index in [-0.39, 0.29) is 17.6 Å². The molecule has 3 aromatic rings. The number of nitrogens with zero attached hydrogens (tertiary/aromatic N) is 2. The number of carbonyl (C=O) groups excluding carboxylic acids is 2. The fraction of sp³-hybridized carbons (Fsp3) is 0.174. The van der Waals surface area contributed by atoms with Gasteiger partial charge >= 0.3 is 5.97 Å². The third-order valence-corrected chi connectivity index (χ3v) is 5.03. The minimum absolute atomic E-state index is 0.135. The van der Waals surface area contributed by atoms with E-state index in [1.54, 1.807) is 37.4 Å². The first-order valence-corrected chi connectivity index (χ1v) is 9.86. The van der Waals surface area contributed by atoms with Crippen LogP contribution in [0.2, 0.25) is 5.02 Å². The molecule has 0 bridgehead atoms. The number of hydrogen-bond donors (Lipinski definition) is 0. The van der Waals surface area contributed by atoms with Crippen LogP contribution in [0.5, 0.6) is 11.5 Å². The van der Waals surface area contributed by atoms with Gasteiger partial charge in [-0.25, -0.2) is 0 Å². The molecule has 1 aliphatic rings. The van der Waals surface area contributed by atoms with Gasteiger partial charge in [-0.3, -0.25) is 9.59 Å². The summed E-state index contributed by atoms with van der Waals surface area (Å²) in [6, 6.07) is 16.0. The molecule has 1 heterocycles. The molecule has 8 heteroatoms. The van der Waals surface area contributed by atoms with E-state index in [2.05, 4.69) is 5.10 Å².